The van der Waals surface area contributed by atoms with Crippen LogP contribution in [0.25, 0.3) is 105 Å². The first-order valence-corrected chi connectivity index (χ1v) is 23.6. The maximum Gasteiger partial charge on any atom is 0.136 e. The van der Waals surface area contributed by atoms with Gasteiger partial charge in [-0.25, -0.2) is 0 Å². The Hall–Kier alpha value is -9.18. The quantitative estimate of drug-likeness (QED) is 0.144. The van der Waals surface area contributed by atoms with Crippen LogP contribution in [0.15, 0.2) is 271 Å². The fourth-order valence-electron chi connectivity index (χ4n) is 10.4. The Morgan fingerprint density at radius 2 is 0.797 bits per heavy atom. The van der Waals surface area contributed by atoms with Crippen molar-refractivity contribution >= 4 is 60.8 Å². The molecule has 0 amide bonds. The minimum atomic E-state index is 0.875. The second-order valence-electron chi connectivity index (χ2n) is 17.6. The van der Waals surface area contributed by atoms with Gasteiger partial charge in [-0.1, -0.05) is 194 Å². The second-order valence-corrected chi connectivity index (χ2v) is 17.6. The van der Waals surface area contributed by atoms with Crippen molar-refractivity contribution in [3.63, 3.8) is 0 Å². The second kappa shape index (κ2) is 16.9. The number of fused-ring (bicyclic) bond motifs is 6. The van der Waals surface area contributed by atoms with Crippen molar-refractivity contribution in [3.8, 4) is 61.3 Å². The number of hydrogen-bond donors (Lipinski definition) is 0. The minimum Gasteiger partial charge on any atom is -0.456 e. The number of para-hydroxylation sites is 4. The summed E-state index contributed by atoms with van der Waals surface area (Å²) in [5.74, 6) is 0. The molecule has 11 aromatic carbocycles. The smallest absolute Gasteiger partial charge is 0.136 e. The zero-order chi connectivity index (χ0) is 45.7. The maximum absolute atomic E-state index is 6.42. The molecule has 69 heavy (non-hydrogen) atoms. The number of benzene rings is 11. The van der Waals surface area contributed by atoms with E-state index >= 15 is 0 Å². The topological polar surface area (TPSA) is 21.3 Å². The third-order valence-corrected chi connectivity index (χ3v) is 13.6. The summed E-state index contributed by atoms with van der Waals surface area (Å²) in [5.41, 5.74) is 20.1. The summed E-state index contributed by atoms with van der Waals surface area (Å²) < 4.78 is 8.79. The average Bonchev–Trinajstić information content (AvgIpc) is 3.98. The van der Waals surface area contributed by atoms with Gasteiger partial charge < -0.3 is 13.9 Å². The van der Waals surface area contributed by atoms with E-state index in [9.17, 15) is 0 Å². The number of rotatable bonds is 9. The average molecular weight is 881 g/mol. The lowest BCUT2D eigenvalue weighted by Crippen LogP contribution is -2.11. The van der Waals surface area contributed by atoms with Crippen LogP contribution in [0.2, 0.25) is 0 Å². The van der Waals surface area contributed by atoms with Crippen LogP contribution in [0.5, 0.6) is 0 Å². The lowest BCUT2D eigenvalue weighted by Gasteiger charge is -2.29. The van der Waals surface area contributed by atoms with Crippen molar-refractivity contribution in [1.29, 1.82) is 0 Å². The molecular formula is C66H44N2O. The normalized spacial score (nSPS) is 11.5. The van der Waals surface area contributed by atoms with Crippen molar-refractivity contribution in [2.75, 3.05) is 4.90 Å². The molecule has 13 rings (SSSR count). The summed E-state index contributed by atoms with van der Waals surface area (Å²) in [6, 6.07) is 96.1. The van der Waals surface area contributed by atoms with Crippen molar-refractivity contribution in [2.45, 2.75) is 0 Å². The number of hydrogen-bond acceptors (Lipinski definition) is 2. The Bertz CT molecular complexity index is 3960. The Labute approximate surface area is 401 Å². The molecule has 0 aliphatic carbocycles. The van der Waals surface area contributed by atoms with Crippen molar-refractivity contribution in [3.05, 3.63) is 267 Å². The molecule has 13 aromatic rings. The van der Waals surface area contributed by atoms with Gasteiger partial charge in [0, 0.05) is 44.2 Å². The predicted octanol–water partition coefficient (Wildman–Crippen LogP) is 18.5. The first-order valence-electron chi connectivity index (χ1n) is 23.6. The third-order valence-electron chi connectivity index (χ3n) is 13.6. The van der Waals surface area contributed by atoms with Gasteiger partial charge in [0.2, 0.25) is 0 Å². The molecule has 0 radical (unpaired) electrons. The number of anilines is 3. The highest BCUT2D eigenvalue weighted by Crippen LogP contribution is 2.46. The Balaban J connectivity index is 0.901. The Kier molecular flexibility index (Phi) is 9.84. The monoisotopic (exact) mass is 880 g/mol. The van der Waals surface area contributed by atoms with Gasteiger partial charge in [0.1, 0.15) is 11.2 Å². The molecule has 0 aliphatic heterocycles. The number of furan rings is 1. The molecule has 0 saturated heterocycles. The van der Waals surface area contributed by atoms with Crippen LogP contribution in [-0.4, -0.2) is 4.57 Å². The van der Waals surface area contributed by atoms with Gasteiger partial charge in [0.05, 0.1) is 16.7 Å². The third kappa shape index (κ3) is 7.08. The van der Waals surface area contributed by atoms with E-state index in [2.05, 4.69) is 270 Å². The van der Waals surface area contributed by atoms with E-state index in [4.69, 9.17) is 4.42 Å². The van der Waals surface area contributed by atoms with Crippen LogP contribution in [0.3, 0.4) is 0 Å². The van der Waals surface area contributed by atoms with E-state index < -0.39 is 0 Å². The highest BCUT2D eigenvalue weighted by Gasteiger charge is 2.21. The lowest BCUT2D eigenvalue weighted by atomic mass is 9.94. The van der Waals surface area contributed by atoms with E-state index in [1.165, 1.54) is 49.6 Å². The minimum absolute atomic E-state index is 0.875. The molecular weight excluding hydrogens is 837 g/mol. The number of nitrogens with zero attached hydrogens (tertiary/aromatic N) is 2. The molecule has 0 saturated carbocycles. The fourth-order valence-corrected chi connectivity index (χ4v) is 10.4. The summed E-state index contributed by atoms with van der Waals surface area (Å²) >= 11 is 0. The standard InChI is InChI=1S/C66H44N2O/c1-2-17-47(18-3-1)54-23-4-5-24-55(54)50-21-15-22-53(44-50)67(61-30-10-8-27-58(61)59-29-16-34-65-66(59)60-28-9-13-33-64(60)69-65)51-39-35-45(36-40-51)48-19-14-20-49(43-48)46-37-41-52(42-38-46)68-62-31-11-6-25-56(62)57-26-7-12-32-63(57)68/h1-44H. The van der Waals surface area contributed by atoms with Crippen LogP contribution < -0.4 is 4.90 Å². The van der Waals surface area contributed by atoms with Crippen LogP contribution in [0.1, 0.15) is 0 Å². The van der Waals surface area contributed by atoms with Gasteiger partial charge in [-0.2, -0.15) is 0 Å². The zero-order valence-electron chi connectivity index (χ0n) is 37.7. The summed E-state index contributed by atoms with van der Waals surface area (Å²) in [6.45, 7) is 0. The van der Waals surface area contributed by atoms with Gasteiger partial charge in [0.15, 0.2) is 0 Å². The molecule has 3 heteroatoms. The van der Waals surface area contributed by atoms with E-state index in [1.54, 1.807) is 0 Å². The van der Waals surface area contributed by atoms with Crippen LogP contribution in [0, 0.1) is 0 Å². The molecule has 324 valence electrons. The van der Waals surface area contributed by atoms with Crippen LogP contribution >= 0.6 is 0 Å². The highest BCUT2D eigenvalue weighted by atomic mass is 16.3. The highest BCUT2D eigenvalue weighted by molar-refractivity contribution is 6.14. The fraction of sp³-hybridized carbons (Fsp3) is 0. The van der Waals surface area contributed by atoms with Gasteiger partial charge >= 0.3 is 0 Å². The maximum atomic E-state index is 6.42. The zero-order valence-corrected chi connectivity index (χ0v) is 37.7. The molecule has 0 bridgehead atoms. The van der Waals surface area contributed by atoms with Crippen LogP contribution in [-0.2, 0) is 0 Å². The van der Waals surface area contributed by atoms with Crippen molar-refractivity contribution in [2.24, 2.45) is 0 Å². The molecule has 0 spiro atoms. The Morgan fingerprint density at radius 3 is 1.52 bits per heavy atom. The largest absolute Gasteiger partial charge is 0.456 e. The predicted molar refractivity (Wildman–Crippen MR) is 290 cm³/mol. The first-order chi connectivity index (χ1) is 34.2. The molecule has 0 aliphatic rings. The van der Waals surface area contributed by atoms with Crippen LogP contribution in [0.4, 0.5) is 17.1 Å². The Morgan fingerprint density at radius 1 is 0.290 bits per heavy atom. The summed E-state index contributed by atoms with van der Waals surface area (Å²) in [6.07, 6.45) is 0. The molecule has 2 heterocycles. The lowest BCUT2D eigenvalue weighted by molar-refractivity contribution is 0.669. The van der Waals surface area contributed by atoms with Crippen molar-refractivity contribution < 1.29 is 4.42 Å². The van der Waals surface area contributed by atoms with Gasteiger partial charge in [0.25, 0.3) is 0 Å². The molecule has 3 nitrogen and oxygen atoms in total. The van der Waals surface area contributed by atoms with Gasteiger partial charge in [-0.05, 0) is 123 Å². The van der Waals surface area contributed by atoms with Crippen molar-refractivity contribution in [1.82, 2.24) is 4.57 Å². The molecule has 0 N–H and O–H groups in total. The SMILES string of the molecule is c1ccc(-c2ccccc2-c2cccc(N(c3ccc(-c4cccc(-c5ccc(-n6c7ccccc7c7ccccc76)cc5)c4)cc3)c3ccccc3-c3cccc4oc5ccccc5c34)c2)cc1. The summed E-state index contributed by atoms with van der Waals surface area (Å²) in [7, 11) is 0. The van der Waals surface area contributed by atoms with Gasteiger partial charge in [-0.3, -0.25) is 0 Å². The van der Waals surface area contributed by atoms with Gasteiger partial charge in [-0.15, -0.1) is 0 Å². The summed E-state index contributed by atoms with van der Waals surface area (Å²) in [4.78, 5) is 2.41. The first kappa shape index (κ1) is 40.1. The van der Waals surface area contributed by atoms with E-state index in [0.717, 1.165) is 72.5 Å². The molecule has 0 atom stereocenters. The van der Waals surface area contributed by atoms with E-state index in [1.807, 2.05) is 6.07 Å². The molecule has 0 fully saturated rings. The molecule has 0 unspecified atom stereocenters. The number of aromatic nitrogens is 1. The van der Waals surface area contributed by atoms with E-state index in [-0.39, 0.29) is 0 Å². The van der Waals surface area contributed by atoms with E-state index in [0.29, 0.717) is 0 Å². The molecule has 2 aromatic heterocycles. The summed E-state index contributed by atoms with van der Waals surface area (Å²) in [5, 5.41) is 4.75.